The Morgan fingerprint density at radius 3 is 2.93 bits per heavy atom. The normalized spacial score (nSPS) is 20.9. The smallest absolute Gasteiger partial charge is 0.336 e. The summed E-state index contributed by atoms with van der Waals surface area (Å²) in [5, 5.41) is 9.59. The first kappa shape index (κ1) is 19.3. The highest BCUT2D eigenvalue weighted by atomic mass is 19.1. The maximum absolute atomic E-state index is 13.9. The molecule has 0 fully saturated rings. The number of carbonyl (C=O) groups is 2. The minimum absolute atomic E-state index is 0.00274. The van der Waals surface area contributed by atoms with Crippen molar-refractivity contribution >= 4 is 17.6 Å². The molecule has 4 rings (SSSR count). The van der Waals surface area contributed by atoms with E-state index in [-0.39, 0.29) is 24.1 Å². The van der Waals surface area contributed by atoms with Gasteiger partial charge >= 0.3 is 5.97 Å². The predicted molar refractivity (Wildman–Crippen MR) is 98.6 cm³/mol. The first-order valence-electron chi connectivity index (χ1n) is 9.54. The molecule has 1 amide bonds. The Kier molecular flexibility index (Phi) is 4.93. The van der Waals surface area contributed by atoms with Crippen LogP contribution in [0.2, 0.25) is 0 Å². The molecule has 29 heavy (non-hydrogen) atoms. The third kappa shape index (κ3) is 3.66. The minimum Gasteiger partial charge on any atom is -0.420 e. The third-order valence-corrected chi connectivity index (χ3v) is 5.19. The quantitative estimate of drug-likeness (QED) is 0.600. The molecule has 0 unspecified atom stereocenters. The van der Waals surface area contributed by atoms with Crippen molar-refractivity contribution in [1.82, 2.24) is 20.1 Å². The Labute approximate surface area is 165 Å². The fourth-order valence-electron chi connectivity index (χ4n) is 3.69. The molecule has 3 heterocycles. The van der Waals surface area contributed by atoms with Crippen LogP contribution < -0.4 is 15.4 Å². The topological polar surface area (TPSA) is 98.1 Å². The number of fused-ring (bicyclic) bond motifs is 2. The zero-order valence-electron chi connectivity index (χ0n) is 16.0. The summed E-state index contributed by atoms with van der Waals surface area (Å²) in [6.07, 6.45) is 2.67. The number of hydrogen-bond donors (Lipinski definition) is 2. The van der Waals surface area contributed by atoms with Crippen LogP contribution in [0.5, 0.6) is 5.75 Å². The number of amides is 1. The summed E-state index contributed by atoms with van der Waals surface area (Å²) in [7, 11) is 0. The molecule has 2 aromatic rings. The van der Waals surface area contributed by atoms with Crippen LogP contribution in [0, 0.1) is 17.6 Å². The van der Waals surface area contributed by atoms with Gasteiger partial charge in [0.05, 0.1) is 11.7 Å². The molecule has 1 aromatic carbocycles. The summed E-state index contributed by atoms with van der Waals surface area (Å²) in [5.41, 5.74) is 0.00274. The van der Waals surface area contributed by atoms with Crippen molar-refractivity contribution < 1.29 is 23.1 Å². The molecule has 0 bridgehead atoms. The summed E-state index contributed by atoms with van der Waals surface area (Å²) in [6.45, 7) is 4.09. The van der Waals surface area contributed by atoms with Gasteiger partial charge in [-0.15, -0.1) is 5.10 Å². The van der Waals surface area contributed by atoms with Crippen molar-refractivity contribution in [3.05, 3.63) is 35.4 Å². The van der Waals surface area contributed by atoms with Gasteiger partial charge in [0.25, 0.3) is 5.91 Å². The highest BCUT2D eigenvalue weighted by Crippen LogP contribution is 2.31. The van der Waals surface area contributed by atoms with E-state index in [1.807, 2.05) is 0 Å². The van der Waals surface area contributed by atoms with E-state index in [1.165, 1.54) is 0 Å². The van der Waals surface area contributed by atoms with Crippen molar-refractivity contribution in [1.29, 1.82) is 0 Å². The van der Waals surface area contributed by atoms with Crippen molar-refractivity contribution in [2.75, 3.05) is 11.9 Å². The maximum Gasteiger partial charge on any atom is 0.336 e. The van der Waals surface area contributed by atoms with E-state index in [0.29, 0.717) is 12.0 Å². The molecule has 10 heteroatoms. The van der Waals surface area contributed by atoms with Gasteiger partial charge in [-0.2, -0.15) is 0 Å². The fraction of sp³-hybridized carbons (Fsp3) is 0.474. The summed E-state index contributed by atoms with van der Waals surface area (Å²) in [6, 6.07) is 0.702. The first-order valence-corrected chi connectivity index (χ1v) is 9.54. The summed E-state index contributed by atoms with van der Waals surface area (Å²) >= 11 is 0. The van der Waals surface area contributed by atoms with Crippen LogP contribution in [0.25, 0.3) is 0 Å². The molecule has 0 saturated carbocycles. The molecule has 0 radical (unpaired) electrons. The first-order chi connectivity index (χ1) is 13.8. The number of carbonyl (C=O) groups excluding carboxylic acids is 2. The molecular formula is C19H21F2N5O3. The van der Waals surface area contributed by atoms with Crippen LogP contribution in [0.15, 0.2) is 12.1 Å². The Bertz CT molecular complexity index is 975. The Morgan fingerprint density at radius 1 is 1.38 bits per heavy atom. The Balaban J connectivity index is 1.51. The molecule has 2 atom stereocenters. The van der Waals surface area contributed by atoms with Crippen molar-refractivity contribution in [3.8, 4) is 5.75 Å². The number of aryl methyl sites for hydroxylation is 1. The predicted octanol–water partition coefficient (Wildman–Crippen LogP) is 2.22. The molecule has 154 valence electrons. The number of nitrogens with one attached hydrogen (secondary N) is 2. The minimum atomic E-state index is -1.11. The van der Waals surface area contributed by atoms with Gasteiger partial charge in [-0.1, -0.05) is 13.8 Å². The molecular weight excluding hydrogens is 384 g/mol. The second-order valence-corrected chi connectivity index (χ2v) is 7.59. The summed E-state index contributed by atoms with van der Waals surface area (Å²) in [4.78, 5) is 29.3. The van der Waals surface area contributed by atoms with Gasteiger partial charge in [0, 0.05) is 25.1 Å². The Morgan fingerprint density at radius 2 is 2.17 bits per heavy atom. The average molecular weight is 405 g/mol. The standard InChI is InChI=1S/C19H21F2N5O3/c1-9(2)14-4-3-5-15-24-17(25-26(14)15)18(27)23-13-8-22-12-7-10(20)6-11(21)16(12)29-19(13)28/h6-7,9,13-14,22H,3-5,8H2,1-2H3,(H,23,27)/t13-,14-/m0/s1. The van der Waals surface area contributed by atoms with Crippen LogP contribution in [-0.2, 0) is 11.2 Å². The van der Waals surface area contributed by atoms with E-state index in [0.717, 1.165) is 31.2 Å². The van der Waals surface area contributed by atoms with Crippen LogP contribution >= 0.6 is 0 Å². The van der Waals surface area contributed by atoms with Crippen LogP contribution in [0.3, 0.4) is 0 Å². The van der Waals surface area contributed by atoms with Crippen LogP contribution in [0.1, 0.15) is 49.2 Å². The van der Waals surface area contributed by atoms with Crippen molar-refractivity contribution in [2.45, 2.75) is 45.2 Å². The number of nitrogens with zero attached hydrogens (tertiary/aromatic N) is 3. The average Bonchev–Trinajstić information content (AvgIpc) is 3.04. The van der Waals surface area contributed by atoms with E-state index in [9.17, 15) is 18.4 Å². The van der Waals surface area contributed by atoms with Gasteiger partial charge in [-0.25, -0.2) is 23.2 Å². The molecule has 2 aliphatic heterocycles. The number of hydrogen-bond acceptors (Lipinski definition) is 6. The van der Waals surface area contributed by atoms with Crippen LogP contribution in [0.4, 0.5) is 14.5 Å². The maximum atomic E-state index is 13.9. The number of esters is 1. The number of benzene rings is 1. The van der Waals surface area contributed by atoms with Gasteiger partial charge < -0.3 is 15.4 Å². The van der Waals surface area contributed by atoms with E-state index in [2.05, 4.69) is 34.6 Å². The third-order valence-electron chi connectivity index (χ3n) is 5.19. The molecule has 2 N–H and O–H groups in total. The van der Waals surface area contributed by atoms with Gasteiger partial charge in [0.15, 0.2) is 11.6 Å². The lowest BCUT2D eigenvalue weighted by molar-refractivity contribution is -0.136. The monoisotopic (exact) mass is 405 g/mol. The summed E-state index contributed by atoms with van der Waals surface area (Å²) < 4.78 is 34.1. The fourth-order valence-corrected chi connectivity index (χ4v) is 3.69. The zero-order valence-corrected chi connectivity index (χ0v) is 16.0. The Hall–Kier alpha value is -3.04. The molecule has 1 aromatic heterocycles. The number of halogens is 2. The van der Waals surface area contributed by atoms with E-state index in [4.69, 9.17) is 4.74 Å². The van der Waals surface area contributed by atoms with Gasteiger partial charge in [0.2, 0.25) is 5.82 Å². The second kappa shape index (κ2) is 7.41. The molecule has 0 spiro atoms. The number of aromatic nitrogens is 3. The lowest BCUT2D eigenvalue weighted by Gasteiger charge is -2.26. The SMILES string of the molecule is CC(C)[C@@H]1CCCc2nc(C(=O)N[C@H]3CNc4cc(F)cc(F)c4OC3=O)nn21. The largest absolute Gasteiger partial charge is 0.420 e. The molecule has 0 aliphatic carbocycles. The van der Waals surface area contributed by atoms with E-state index in [1.54, 1.807) is 4.68 Å². The van der Waals surface area contributed by atoms with E-state index >= 15 is 0 Å². The highest BCUT2D eigenvalue weighted by molar-refractivity contribution is 5.94. The lowest BCUT2D eigenvalue weighted by atomic mass is 9.95. The van der Waals surface area contributed by atoms with Gasteiger partial charge in [0.1, 0.15) is 17.7 Å². The van der Waals surface area contributed by atoms with Crippen molar-refractivity contribution in [3.63, 3.8) is 0 Å². The number of rotatable bonds is 3. The number of anilines is 1. The van der Waals surface area contributed by atoms with Gasteiger partial charge in [-0.3, -0.25) is 4.79 Å². The number of ether oxygens (including phenoxy) is 1. The molecule has 0 saturated heterocycles. The molecule has 8 nitrogen and oxygen atoms in total. The molecule has 2 aliphatic rings. The highest BCUT2D eigenvalue weighted by Gasteiger charge is 2.32. The lowest BCUT2D eigenvalue weighted by Crippen LogP contribution is -2.46. The van der Waals surface area contributed by atoms with Gasteiger partial charge in [-0.05, 0) is 18.8 Å². The van der Waals surface area contributed by atoms with Crippen molar-refractivity contribution in [2.24, 2.45) is 5.92 Å². The summed E-state index contributed by atoms with van der Waals surface area (Å²) in [5.74, 6) is -2.64. The van der Waals surface area contributed by atoms with Crippen LogP contribution in [-0.4, -0.2) is 39.2 Å². The second-order valence-electron chi connectivity index (χ2n) is 7.59. The zero-order chi connectivity index (χ0) is 20.7. The van der Waals surface area contributed by atoms with E-state index < -0.39 is 35.3 Å².